The summed E-state index contributed by atoms with van der Waals surface area (Å²) in [6.45, 7) is 3.33. The summed E-state index contributed by atoms with van der Waals surface area (Å²) in [7, 11) is 0. The van der Waals surface area contributed by atoms with Gasteiger partial charge in [-0.2, -0.15) is 0 Å². The molecule has 0 radical (unpaired) electrons. The highest BCUT2D eigenvalue weighted by molar-refractivity contribution is 9.10. The Hall–Kier alpha value is -0.0900. The molecule has 0 amide bonds. The number of hydrogen-bond donors (Lipinski definition) is 1. The summed E-state index contributed by atoms with van der Waals surface area (Å²) in [4.78, 5) is 2.63. The van der Waals surface area contributed by atoms with Crippen molar-refractivity contribution in [3.63, 3.8) is 0 Å². The second kappa shape index (κ2) is 5.49. The second-order valence-electron chi connectivity index (χ2n) is 5.33. The maximum Gasteiger partial charge on any atom is 0.0451 e. The van der Waals surface area contributed by atoms with E-state index < -0.39 is 0 Å². The van der Waals surface area contributed by atoms with Gasteiger partial charge in [0.05, 0.1) is 0 Å². The predicted octanol–water partition coefficient (Wildman–Crippen LogP) is 3.43. The number of likely N-dealkylation sites (tertiary alicyclic amines) is 1. The highest BCUT2D eigenvalue weighted by Gasteiger charge is 2.34. The summed E-state index contributed by atoms with van der Waals surface area (Å²) in [6, 6.07) is 7.55. The van der Waals surface area contributed by atoms with Crippen molar-refractivity contribution >= 4 is 27.5 Å². The van der Waals surface area contributed by atoms with Gasteiger partial charge in [0.15, 0.2) is 0 Å². The fourth-order valence-electron chi connectivity index (χ4n) is 2.66. The maximum atomic E-state index is 6.20. The summed E-state index contributed by atoms with van der Waals surface area (Å²) >= 11 is 9.69. The minimum atomic E-state index is 0.626. The van der Waals surface area contributed by atoms with Gasteiger partial charge in [0, 0.05) is 41.2 Å². The van der Waals surface area contributed by atoms with E-state index in [2.05, 4.69) is 32.2 Å². The fourth-order valence-corrected chi connectivity index (χ4v) is 3.25. The molecule has 98 valence electrons. The molecule has 4 heteroatoms. The molecule has 0 bridgehead atoms. The zero-order valence-corrected chi connectivity index (χ0v) is 12.7. The molecule has 18 heavy (non-hydrogen) atoms. The molecule has 2 fully saturated rings. The number of nitrogens with one attached hydrogen (secondary N) is 1. The Morgan fingerprint density at radius 3 is 2.94 bits per heavy atom. The lowest BCUT2D eigenvalue weighted by atomic mass is 10.2. The molecule has 1 atom stereocenters. The number of rotatable bonds is 4. The van der Waals surface area contributed by atoms with E-state index in [1.807, 2.05) is 12.1 Å². The van der Waals surface area contributed by atoms with Gasteiger partial charge >= 0.3 is 0 Å². The van der Waals surface area contributed by atoms with Crippen LogP contribution in [0.25, 0.3) is 0 Å². The molecule has 1 heterocycles. The molecular weight excluding hydrogens is 312 g/mol. The molecular formula is C14H18BrClN2. The molecule has 2 nitrogen and oxygen atoms in total. The topological polar surface area (TPSA) is 15.3 Å². The van der Waals surface area contributed by atoms with Crippen molar-refractivity contribution < 1.29 is 0 Å². The Bertz CT molecular complexity index is 434. The lowest BCUT2D eigenvalue weighted by Gasteiger charge is -2.16. The first-order valence-corrected chi connectivity index (χ1v) is 7.81. The smallest absolute Gasteiger partial charge is 0.0451 e. The monoisotopic (exact) mass is 328 g/mol. The number of benzene rings is 1. The normalized spacial score (nSPS) is 24.7. The third-order valence-electron chi connectivity index (χ3n) is 3.87. The van der Waals surface area contributed by atoms with E-state index in [-0.39, 0.29) is 0 Å². The minimum Gasteiger partial charge on any atom is -0.309 e. The number of nitrogens with zero attached hydrogens (tertiary/aromatic N) is 1. The first-order chi connectivity index (χ1) is 8.72. The minimum absolute atomic E-state index is 0.626. The van der Waals surface area contributed by atoms with Crippen molar-refractivity contribution in [2.75, 3.05) is 13.1 Å². The molecule has 1 aromatic carbocycles. The van der Waals surface area contributed by atoms with Crippen LogP contribution < -0.4 is 5.32 Å². The SMILES string of the molecule is Clc1ccc(Br)cc1CNC1CCN(C2CC2)C1. The number of hydrogen-bond acceptors (Lipinski definition) is 2. The van der Waals surface area contributed by atoms with Crippen molar-refractivity contribution in [2.45, 2.75) is 37.9 Å². The molecule has 1 saturated carbocycles. The Balaban J connectivity index is 1.53. The molecule has 1 aliphatic carbocycles. The van der Waals surface area contributed by atoms with Crippen LogP contribution in [0.15, 0.2) is 22.7 Å². The van der Waals surface area contributed by atoms with Crippen LogP contribution >= 0.6 is 27.5 Å². The van der Waals surface area contributed by atoms with Crippen LogP contribution in [0.4, 0.5) is 0 Å². The van der Waals surface area contributed by atoms with Crippen LogP contribution in [-0.2, 0) is 6.54 Å². The largest absolute Gasteiger partial charge is 0.309 e. The summed E-state index contributed by atoms with van der Waals surface area (Å²) < 4.78 is 1.09. The van der Waals surface area contributed by atoms with Gasteiger partial charge in [-0.15, -0.1) is 0 Å². The molecule has 1 N–H and O–H groups in total. The van der Waals surface area contributed by atoms with Gasteiger partial charge in [0.25, 0.3) is 0 Å². The average molecular weight is 330 g/mol. The standard InChI is InChI=1S/C14H18BrClN2/c15-11-1-4-14(16)10(7-11)8-17-12-5-6-18(9-12)13-2-3-13/h1,4,7,12-13,17H,2-3,5-6,8-9H2. The van der Waals surface area contributed by atoms with Gasteiger partial charge in [-0.3, -0.25) is 4.90 Å². The summed E-state index contributed by atoms with van der Waals surface area (Å²) in [6.07, 6.45) is 4.08. The van der Waals surface area contributed by atoms with Gasteiger partial charge in [-0.05, 0) is 43.0 Å². The van der Waals surface area contributed by atoms with Crippen molar-refractivity contribution in [1.82, 2.24) is 10.2 Å². The van der Waals surface area contributed by atoms with Crippen LogP contribution in [-0.4, -0.2) is 30.1 Å². The molecule has 3 rings (SSSR count). The van der Waals surface area contributed by atoms with Crippen molar-refractivity contribution in [1.29, 1.82) is 0 Å². The zero-order chi connectivity index (χ0) is 12.5. The molecule has 1 aliphatic heterocycles. The van der Waals surface area contributed by atoms with E-state index in [0.29, 0.717) is 6.04 Å². The van der Waals surface area contributed by atoms with Crippen molar-refractivity contribution in [3.8, 4) is 0 Å². The third kappa shape index (κ3) is 3.08. The average Bonchev–Trinajstić information content (AvgIpc) is 3.10. The van der Waals surface area contributed by atoms with E-state index in [1.165, 1.54) is 37.9 Å². The van der Waals surface area contributed by atoms with Gasteiger partial charge in [-0.25, -0.2) is 0 Å². The van der Waals surface area contributed by atoms with Crippen LogP contribution in [0.3, 0.4) is 0 Å². The molecule has 1 aromatic rings. The Labute approximate surface area is 122 Å². The van der Waals surface area contributed by atoms with E-state index in [0.717, 1.165) is 22.1 Å². The zero-order valence-electron chi connectivity index (χ0n) is 10.3. The Morgan fingerprint density at radius 1 is 1.33 bits per heavy atom. The predicted molar refractivity (Wildman–Crippen MR) is 79.0 cm³/mol. The summed E-state index contributed by atoms with van der Waals surface area (Å²) in [5, 5.41) is 4.48. The lowest BCUT2D eigenvalue weighted by molar-refractivity contribution is 0.317. The quantitative estimate of drug-likeness (QED) is 0.910. The van der Waals surface area contributed by atoms with Crippen molar-refractivity contribution in [3.05, 3.63) is 33.3 Å². The fraction of sp³-hybridized carbons (Fsp3) is 0.571. The summed E-state index contributed by atoms with van der Waals surface area (Å²) in [5.41, 5.74) is 1.18. The Morgan fingerprint density at radius 2 is 2.17 bits per heavy atom. The van der Waals surface area contributed by atoms with Crippen LogP contribution in [0, 0.1) is 0 Å². The van der Waals surface area contributed by atoms with Crippen LogP contribution in [0.2, 0.25) is 5.02 Å². The Kier molecular flexibility index (Phi) is 3.94. The first kappa shape index (κ1) is 12.9. The highest BCUT2D eigenvalue weighted by atomic mass is 79.9. The van der Waals surface area contributed by atoms with E-state index in [4.69, 9.17) is 11.6 Å². The maximum absolute atomic E-state index is 6.20. The summed E-state index contributed by atoms with van der Waals surface area (Å²) in [5.74, 6) is 0. The van der Waals surface area contributed by atoms with E-state index in [9.17, 15) is 0 Å². The number of halogens is 2. The molecule has 1 saturated heterocycles. The molecule has 2 aliphatic rings. The second-order valence-corrected chi connectivity index (χ2v) is 6.65. The van der Waals surface area contributed by atoms with Gasteiger partial charge < -0.3 is 5.32 Å². The highest BCUT2D eigenvalue weighted by Crippen LogP contribution is 2.30. The van der Waals surface area contributed by atoms with Gasteiger partial charge in [-0.1, -0.05) is 27.5 Å². The molecule has 1 unspecified atom stereocenters. The van der Waals surface area contributed by atoms with E-state index in [1.54, 1.807) is 0 Å². The molecule has 0 spiro atoms. The van der Waals surface area contributed by atoms with Gasteiger partial charge in [0.1, 0.15) is 0 Å². The third-order valence-corrected chi connectivity index (χ3v) is 4.73. The lowest BCUT2D eigenvalue weighted by Crippen LogP contribution is -2.32. The van der Waals surface area contributed by atoms with Gasteiger partial charge in [0.2, 0.25) is 0 Å². The first-order valence-electron chi connectivity index (χ1n) is 6.64. The van der Waals surface area contributed by atoms with Crippen molar-refractivity contribution in [2.24, 2.45) is 0 Å². The van der Waals surface area contributed by atoms with E-state index >= 15 is 0 Å². The molecule has 0 aromatic heterocycles. The van der Waals surface area contributed by atoms with Crippen LogP contribution in [0.1, 0.15) is 24.8 Å². The van der Waals surface area contributed by atoms with Crippen LogP contribution in [0.5, 0.6) is 0 Å².